The first-order valence-corrected chi connectivity index (χ1v) is 6.19. The average Bonchev–Trinajstić information content (AvgIpc) is 2.31. The van der Waals surface area contributed by atoms with Crippen LogP contribution in [0.2, 0.25) is 0 Å². The van der Waals surface area contributed by atoms with Crippen molar-refractivity contribution < 1.29 is 9.53 Å². The van der Waals surface area contributed by atoms with Crippen molar-refractivity contribution in [2.24, 2.45) is 0 Å². The number of ether oxygens (including phenoxy) is 1. The van der Waals surface area contributed by atoms with E-state index in [0.29, 0.717) is 12.0 Å². The van der Waals surface area contributed by atoms with Crippen LogP contribution in [0, 0.1) is 18.3 Å². The lowest BCUT2D eigenvalue weighted by Crippen LogP contribution is -2.08. The molecular formula is C13H15NO2S. The summed E-state index contributed by atoms with van der Waals surface area (Å²) in [7, 11) is 1.38. The van der Waals surface area contributed by atoms with E-state index in [4.69, 9.17) is 5.26 Å². The van der Waals surface area contributed by atoms with Gasteiger partial charge in [0.2, 0.25) is 0 Å². The number of benzene rings is 1. The van der Waals surface area contributed by atoms with Crippen molar-refractivity contribution in [2.75, 3.05) is 7.11 Å². The van der Waals surface area contributed by atoms with Crippen molar-refractivity contribution in [3.8, 4) is 6.07 Å². The molecule has 1 unspecified atom stereocenters. The minimum absolute atomic E-state index is 0.0932. The molecule has 0 saturated carbocycles. The highest BCUT2D eigenvalue weighted by atomic mass is 32.2. The van der Waals surface area contributed by atoms with Crippen LogP contribution in [0.5, 0.6) is 0 Å². The number of rotatable bonds is 4. The fraction of sp³-hybridized carbons (Fsp3) is 0.385. The minimum atomic E-state index is -0.225. The van der Waals surface area contributed by atoms with Gasteiger partial charge in [-0.05, 0) is 18.6 Å². The smallest absolute Gasteiger partial charge is 0.306 e. The molecule has 0 radical (unpaired) electrons. The topological polar surface area (TPSA) is 50.1 Å². The predicted molar refractivity (Wildman–Crippen MR) is 67.8 cm³/mol. The number of hydrogen-bond donors (Lipinski definition) is 0. The van der Waals surface area contributed by atoms with Gasteiger partial charge in [0, 0.05) is 10.1 Å². The standard InChI is InChI=1S/C13H15NO2S/c1-9-5-4-6-11(8-14)13(9)17-10(2)7-12(15)16-3/h4-6,10H,7H2,1-3H3. The van der Waals surface area contributed by atoms with E-state index in [1.54, 1.807) is 17.8 Å². The Morgan fingerprint density at radius 1 is 1.59 bits per heavy atom. The van der Waals surface area contributed by atoms with Crippen LogP contribution in [0.25, 0.3) is 0 Å². The van der Waals surface area contributed by atoms with Gasteiger partial charge < -0.3 is 4.74 Å². The second-order valence-electron chi connectivity index (χ2n) is 3.77. The third-order valence-electron chi connectivity index (χ3n) is 2.33. The molecule has 0 heterocycles. The molecule has 4 heteroatoms. The molecule has 1 rings (SSSR count). The van der Waals surface area contributed by atoms with Crippen LogP contribution in [0.4, 0.5) is 0 Å². The number of carbonyl (C=O) groups is 1. The van der Waals surface area contributed by atoms with E-state index < -0.39 is 0 Å². The first kappa shape index (κ1) is 13.6. The lowest BCUT2D eigenvalue weighted by Gasteiger charge is -2.12. The van der Waals surface area contributed by atoms with Crippen molar-refractivity contribution in [3.63, 3.8) is 0 Å². The van der Waals surface area contributed by atoms with Gasteiger partial charge in [-0.25, -0.2) is 0 Å². The van der Waals surface area contributed by atoms with Gasteiger partial charge in [-0.3, -0.25) is 4.79 Å². The number of hydrogen-bond acceptors (Lipinski definition) is 4. The lowest BCUT2D eigenvalue weighted by atomic mass is 10.1. The highest BCUT2D eigenvalue weighted by molar-refractivity contribution is 8.00. The van der Waals surface area contributed by atoms with Crippen LogP contribution in [0.1, 0.15) is 24.5 Å². The van der Waals surface area contributed by atoms with E-state index in [1.165, 1.54) is 7.11 Å². The van der Waals surface area contributed by atoms with E-state index in [0.717, 1.165) is 10.5 Å². The summed E-state index contributed by atoms with van der Waals surface area (Å²) in [6, 6.07) is 7.79. The third kappa shape index (κ3) is 3.79. The number of thioether (sulfide) groups is 1. The molecule has 0 amide bonds. The van der Waals surface area contributed by atoms with E-state index in [9.17, 15) is 4.79 Å². The number of nitriles is 1. The SMILES string of the molecule is COC(=O)CC(C)Sc1c(C)cccc1C#N. The fourth-order valence-electron chi connectivity index (χ4n) is 1.46. The Labute approximate surface area is 106 Å². The summed E-state index contributed by atoms with van der Waals surface area (Å²) in [5.41, 5.74) is 1.72. The van der Waals surface area contributed by atoms with E-state index in [2.05, 4.69) is 10.8 Å². The Balaban J connectivity index is 2.81. The van der Waals surface area contributed by atoms with Gasteiger partial charge in [-0.15, -0.1) is 11.8 Å². The molecule has 0 aliphatic rings. The second-order valence-corrected chi connectivity index (χ2v) is 5.22. The van der Waals surface area contributed by atoms with E-state index in [1.807, 2.05) is 26.0 Å². The maximum absolute atomic E-state index is 11.2. The highest BCUT2D eigenvalue weighted by Gasteiger charge is 2.14. The molecule has 0 N–H and O–H groups in total. The van der Waals surface area contributed by atoms with Crippen molar-refractivity contribution in [3.05, 3.63) is 29.3 Å². The second kappa shape index (κ2) is 6.31. The summed E-state index contributed by atoms with van der Waals surface area (Å²) in [4.78, 5) is 12.1. The van der Waals surface area contributed by atoms with Gasteiger partial charge >= 0.3 is 5.97 Å². The first-order chi connectivity index (χ1) is 8.08. The molecule has 0 spiro atoms. The van der Waals surface area contributed by atoms with Crippen LogP contribution in [-0.4, -0.2) is 18.3 Å². The van der Waals surface area contributed by atoms with Crippen LogP contribution >= 0.6 is 11.8 Å². The van der Waals surface area contributed by atoms with Crippen molar-refractivity contribution in [2.45, 2.75) is 30.4 Å². The molecule has 3 nitrogen and oxygen atoms in total. The van der Waals surface area contributed by atoms with Gasteiger partial charge in [-0.2, -0.15) is 5.26 Å². The number of carbonyl (C=O) groups excluding carboxylic acids is 1. The molecule has 0 bridgehead atoms. The van der Waals surface area contributed by atoms with Crippen LogP contribution in [-0.2, 0) is 9.53 Å². The predicted octanol–water partition coefficient (Wildman–Crippen LogP) is 2.91. The fourth-order valence-corrected chi connectivity index (χ4v) is 2.57. The molecule has 0 aromatic heterocycles. The molecular weight excluding hydrogens is 234 g/mol. The monoisotopic (exact) mass is 249 g/mol. The average molecular weight is 249 g/mol. The Morgan fingerprint density at radius 2 is 2.29 bits per heavy atom. The van der Waals surface area contributed by atoms with Gasteiger partial charge in [-0.1, -0.05) is 19.1 Å². The van der Waals surface area contributed by atoms with Crippen LogP contribution < -0.4 is 0 Å². The molecule has 1 atom stereocenters. The summed E-state index contributed by atoms with van der Waals surface area (Å²) in [5.74, 6) is -0.225. The quantitative estimate of drug-likeness (QED) is 0.608. The zero-order valence-electron chi connectivity index (χ0n) is 10.2. The van der Waals surface area contributed by atoms with Gasteiger partial charge in [0.25, 0.3) is 0 Å². The molecule has 1 aromatic rings. The third-order valence-corrected chi connectivity index (χ3v) is 3.68. The normalized spacial score (nSPS) is 11.6. The van der Waals surface area contributed by atoms with Crippen molar-refractivity contribution in [1.29, 1.82) is 5.26 Å². The summed E-state index contributed by atoms with van der Waals surface area (Å²) < 4.78 is 4.63. The summed E-state index contributed by atoms with van der Waals surface area (Å²) >= 11 is 1.54. The maximum Gasteiger partial charge on any atom is 0.306 e. The van der Waals surface area contributed by atoms with Gasteiger partial charge in [0.05, 0.1) is 19.1 Å². The largest absolute Gasteiger partial charge is 0.469 e. The summed E-state index contributed by atoms with van der Waals surface area (Å²) in [6.45, 7) is 3.92. The van der Waals surface area contributed by atoms with Crippen LogP contribution in [0.15, 0.2) is 23.1 Å². The summed E-state index contributed by atoms with van der Waals surface area (Å²) in [5, 5.41) is 9.12. The van der Waals surface area contributed by atoms with Gasteiger partial charge in [0.15, 0.2) is 0 Å². The number of methoxy groups -OCH3 is 1. The van der Waals surface area contributed by atoms with Crippen molar-refractivity contribution in [1.82, 2.24) is 0 Å². The van der Waals surface area contributed by atoms with E-state index >= 15 is 0 Å². The van der Waals surface area contributed by atoms with E-state index in [-0.39, 0.29) is 11.2 Å². The molecule has 0 fully saturated rings. The molecule has 0 saturated heterocycles. The number of aryl methyl sites for hydroxylation is 1. The number of nitrogens with zero attached hydrogens (tertiary/aromatic N) is 1. The Morgan fingerprint density at radius 3 is 2.88 bits per heavy atom. The molecule has 17 heavy (non-hydrogen) atoms. The zero-order chi connectivity index (χ0) is 12.8. The minimum Gasteiger partial charge on any atom is -0.469 e. The lowest BCUT2D eigenvalue weighted by molar-refractivity contribution is -0.140. The number of esters is 1. The van der Waals surface area contributed by atoms with Gasteiger partial charge in [0.1, 0.15) is 6.07 Å². The highest BCUT2D eigenvalue weighted by Crippen LogP contribution is 2.31. The summed E-state index contributed by atoms with van der Waals surface area (Å²) in [6.07, 6.45) is 0.348. The molecule has 1 aromatic carbocycles. The molecule has 0 aliphatic carbocycles. The van der Waals surface area contributed by atoms with Crippen LogP contribution in [0.3, 0.4) is 0 Å². The maximum atomic E-state index is 11.2. The zero-order valence-corrected chi connectivity index (χ0v) is 11.0. The molecule has 90 valence electrons. The van der Waals surface area contributed by atoms with Crippen molar-refractivity contribution >= 4 is 17.7 Å². The first-order valence-electron chi connectivity index (χ1n) is 5.31. The Bertz CT molecular complexity index is 451. The Kier molecular flexibility index (Phi) is 5.05. The Hall–Kier alpha value is -1.47. The molecule has 0 aliphatic heterocycles.